The summed E-state index contributed by atoms with van der Waals surface area (Å²) in [7, 11) is 0. The topological polar surface area (TPSA) is 41.6 Å². The maximum Gasteiger partial charge on any atom is 0.248 e. The van der Waals surface area contributed by atoms with Crippen LogP contribution in [-0.2, 0) is 16.1 Å². The molecule has 0 bridgehead atoms. The number of carbonyl (C=O) groups excluding carboxylic acids is 1. The monoisotopic (exact) mass is 292 g/mol. The fourth-order valence-corrected chi connectivity index (χ4v) is 3.21. The Morgan fingerprint density at radius 1 is 1.43 bits per heavy atom. The summed E-state index contributed by atoms with van der Waals surface area (Å²) in [4.78, 5) is 13.9. The highest BCUT2D eigenvalue weighted by molar-refractivity contribution is 5.78. The first-order chi connectivity index (χ1) is 10.1. The number of hydrogen-bond donors (Lipinski definition) is 1. The van der Waals surface area contributed by atoms with E-state index in [0.29, 0.717) is 19.0 Å². The Morgan fingerprint density at radius 2 is 2.19 bits per heavy atom. The van der Waals surface area contributed by atoms with E-state index < -0.39 is 0 Å². The van der Waals surface area contributed by atoms with Gasteiger partial charge in [0.15, 0.2) is 0 Å². The van der Waals surface area contributed by atoms with Crippen molar-refractivity contribution in [2.45, 2.75) is 25.5 Å². The molecule has 0 radical (unpaired) electrons. The highest BCUT2D eigenvalue weighted by Gasteiger charge is 2.43. The molecule has 4 nitrogen and oxygen atoms in total. The summed E-state index contributed by atoms with van der Waals surface area (Å²) in [6, 6.07) is 6.32. The molecule has 0 aromatic heterocycles. The molecule has 21 heavy (non-hydrogen) atoms. The second-order valence-electron chi connectivity index (χ2n) is 6.17. The first-order valence-electron chi connectivity index (χ1n) is 7.44. The number of carbonyl (C=O) groups is 1. The van der Waals surface area contributed by atoms with Gasteiger partial charge in [-0.1, -0.05) is 12.1 Å². The number of nitrogens with zero attached hydrogens (tertiary/aromatic N) is 1. The second kappa shape index (κ2) is 5.73. The van der Waals surface area contributed by atoms with Crippen molar-refractivity contribution in [1.82, 2.24) is 10.2 Å². The van der Waals surface area contributed by atoms with Crippen molar-refractivity contribution in [3.05, 3.63) is 35.6 Å². The standard InChI is InChI=1S/C16H21FN2O2/c1-16(13-6-7-18-8-13)11-19(15(20)10-21-16)9-12-2-4-14(17)5-3-12/h2-5,13,18H,6-11H2,1H3. The van der Waals surface area contributed by atoms with Crippen LogP contribution in [0.3, 0.4) is 0 Å². The lowest BCUT2D eigenvalue weighted by molar-refractivity contribution is -0.169. The first-order valence-corrected chi connectivity index (χ1v) is 7.44. The van der Waals surface area contributed by atoms with Crippen LogP contribution in [0.4, 0.5) is 4.39 Å². The van der Waals surface area contributed by atoms with Gasteiger partial charge in [-0.15, -0.1) is 0 Å². The summed E-state index contributed by atoms with van der Waals surface area (Å²) in [5.74, 6) is 0.179. The molecular weight excluding hydrogens is 271 g/mol. The van der Waals surface area contributed by atoms with E-state index in [4.69, 9.17) is 4.74 Å². The summed E-state index contributed by atoms with van der Waals surface area (Å²) in [6.07, 6.45) is 1.08. The zero-order valence-corrected chi connectivity index (χ0v) is 12.3. The largest absolute Gasteiger partial charge is 0.363 e. The van der Waals surface area contributed by atoms with Gasteiger partial charge in [-0.05, 0) is 37.6 Å². The Morgan fingerprint density at radius 3 is 2.86 bits per heavy atom. The van der Waals surface area contributed by atoms with Crippen LogP contribution in [0.2, 0.25) is 0 Å². The Labute approximate surface area is 124 Å². The Kier molecular flexibility index (Phi) is 3.95. The second-order valence-corrected chi connectivity index (χ2v) is 6.17. The predicted octanol–water partition coefficient (Wildman–Crippen LogP) is 1.55. The van der Waals surface area contributed by atoms with E-state index in [2.05, 4.69) is 12.2 Å². The molecule has 2 aliphatic rings. The van der Waals surface area contributed by atoms with Crippen molar-refractivity contribution in [3.63, 3.8) is 0 Å². The fourth-order valence-electron chi connectivity index (χ4n) is 3.21. The molecule has 0 saturated carbocycles. The van der Waals surface area contributed by atoms with E-state index in [1.54, 1.807) is 12.1 Å². The van der Waals surface area contributed by atoms with E-state index in [0.717, 1.165) is 25.1 Å². The number of morpholine rings is 1. The van der Waals surface area contributed by atoms with Crippen LogP contribution in [0.15, 0.2) is 24.3 Å². The third kappa shape index (κ3) is 3.09. The van der Waals surface area contributed by atoms with Gasteiger partial charge in [-0.2, -0.15) is 0 Å². The first kappa shape index (κ1) is 14.5. The van der Waals surface area contributed by atoms with Crippen LogP contribution in [0.25, 0.3) is 0 Å². The smallest absolute Gasteiger partial charge is 0.248 e. The molecule has 2 fully saturated rings. The van der Waals surface area contributed by atoms with Gasteiger partial charge in [0.05, 0.1) is 12.1 Å². The number of amides is 1. The third-order valence-electron chi connectivity index (χ3n) is 4.59. The predicted molar refractivity (Wildman–Crippen MR) is 77.2 cm³/mol. The summed E-state index contributed by atoms with van der Waals surface area (Å²) >= 11 is 0. The maximum absolute atomic E-state index is 13.0. The van der Waals surface area contributed by atoms with Gasteiger partial charge in [-0.25, -0.2) is 4.39 Å². The number of ether oxygens (including phenoxy) is 1. The van der Waals surface area contributed by atoms with Crippen molar-refractivity contribution in [1.29, 1.82) is 0 Å². The molecular formula is C16H21FN2O2. The lowest BCUT2D eigenvalue weighted by Gasteiger charge is -2.43. The van der Waals surface area contributed by atoms with Crippen LogP contribution < -0.4 is 5.32 Å². The molecule has 0 spiro atoms. The molecule has 114 valence electrons. The van der Waals surface area contributed by atoms with Crippen molar-refractivity contribution in [2.75, 3.05) is 26.2 Å². The molecule has 2 heterocycles. The average molecular weight is 292 g/mol. The van der Waals surface area contributed by atoms with Gasteiger partial charge in [0, 0.05) is 19.0 Å². The van der Waals surface area contributed by atoms with Crippen molar-refractivity contribution >= 4 is 5.91 Å². The minimum Gasteiger partial charge on any atom is -0.363 e. The van der Waals surface area contributed by atoms with Crippen LogP contribution in [0, 0.1) is 11.7 Å². The molecule has 1 amide bonds. The fraction of sp³-hybridized carbons (Fsp3) is 0.562. The van der Waals surface area contributed by atoms with Gasteiger partial charge in [0.25, 0.3) is 0 Å². The van der Waals surface area contributed by atoms with Gasteiger partial charge < -0.3 is 15.0 Å². The average Bonchev–Trinajstić information content (AvgIpc) is 3.01. The summed E-state index contributed by atoms with van der Waals surface area (Å²) < 4.78 is 18.8. The maximum atomic E-state index is 13.0. The van der Waals surface area contributed by atoms with Crippen molar-refractivity contribution < 1.29 is 13.9 Å². The van der Waals surface area contributed by atoms with Crippen LogP contribution in [0.1, 0.15) is 18.9 Å². The van der Waals surface area contributed by atoms with Crippen molar-refractivity contribution in [2.24, 2.45) is 5.92 Å². The van der Waals surface area contributed by atoms with Crippen LogP contribution >= 0.6 is 0 Å². The van der Waals surface area contributed by atoms with Gasteiger partial charge >= 0.3 is 0 Å². The summed E-state index contributed by atoms with van der Waals surface area (Å²) in [6.45, 7) is 5.28. The quantitative estimate of drug-likeness (QED) is 0.919. The van der Waals surface area contributed by atoms with Gasteiger partial charge in [0.1, 0.15) is 12.4 Å². The lowest BCUT2D eigenvalue weighted by Crippen LogP contribution is -2.56. The number of benzene rings is 1. The molecule has 2 saturated heterocycles. The zero-order valence-electron chi connectivity index (χ0n) is 12.3. The van der Waals surface area contributed by atoms with E-state index in [9.17, 15) is 9.18 Å². The third-order valence-corrected chi connectivity index (χ3v) is 4.59. The van der Waals surface area contributed by atoms with Gasteiger partial charge in [0.2, 0.25) is 5.91 Å². The minimum absolute atomic E-state index is 0.00255. The number of rotatable bonds is 3. The Balaban J connectivity index is 1.71. The molecule has 0 aliphatic carbocycles. The molecule has 2 unspecified atom stereocenters. The molecule has 5 heteroatoms. The number of nitrogens with one attached hydrogen (secondary N) is 1. The SMILES string of the molecule is CC1(C2CCNC2)CN(Cc2ccc(F)cc2)C(=O)CO1. The number of hydrogen-bond acceptors (Lipinski definition) is 3. The highest BCUT2D eigenvalue weighted by Crippen LogP contribution is 2.31. The molecule has 3 rings (SSSR count). The zero-order chi connectivity index (χ0) is 14.9. The Hall–Kier alpha value is -1.46. The molecule has 1 aromatic rings. The van der Waals surface area contributed by atoms with E-state index in [1.807, 2.05) is 4.90 Å². The van der Waals surface area contributed by atoms with E-state index >= 15 is 0 Å². The lowest BCUT2D eigenvalue weighted by atomic mass is 9.86. The van der Waals surface area contributed by atoms with Crippen LogP contribution in [0.5, 0.6) is 0 Å². The summed E-state index contributed by atoms with van der Waals surface area (Å²) in [5.41, 5.74) is 0.649. The molecule has 1 aromatic carbocycles. The summed E-state index contributed by atoms with van der Waals surface area (Å²) in [5, 5.41) is 3.35. The van der Waals surface area contributed by atoms with E-state index in [1.165, 1.54) is 12.1 Å². The Bertz CT molecular complexity index is 514. The highest BCUT2D eigenvalue weighted by atomic mass is 19.1. The van der Waals surface area contributed by atoms with Crippen LogP contribution in [-0.4, -0.2) is 42.6 Å². The molecule has 2 atom stereocenters. The molecule has 2 aliphatic heterocycles. The normalized spacial score (nSPS) is 29.9. The molecule has 1 N–H and O–H groups in total. The van der Waals surface area contributed by atoms with E-state index in [-0.39, 0.29) is 23.9 Å². The van der Waals surface area contributed by atoms with Gasteiger partial charge in [-0.3, -0.25) is 4.79 Å². The number of halogens is 1. The minimum atomic E-state index is -0.294. The van der Waals surface area contributed by atoms with Crippen molar-refractivity contribution in [3.8, 4) is 0 Å².